The SMILES string of the molecule is C=CCOc1cccc(CNC)c1.Cl. The van der Waals surface area contributed by atoms with Crippen molar-refractivity contribution >= 4 is 12.4 Å². The Morgan fingerprint density at radius 2 is 2.29 bits per heavy atom. The summed E-state index contributed by atoms with van der Waals surface area (Å²) < 4.78 is 5.40. The minimum absolute atomic E-state index is 0. The molecule has 2 nitrogen and oxygen atoms in total. The molecule has 0 atom stereocenters. The first-order valence-corrected chi connectivity index (χ1v) is 4.34. The van der Waals surface area contributed by atoms with E-state index < -0.39 is 0 Å². The smallest absolute Gasteiger partial charge is 0.120 e. The van der Waals surface area contributed by atoms with Gasteiger partial charge in [0.1, 0.15) is 12.4 Å². The zero-order valence-corrected chi connectivity index (χ0v) is 9.14. The van der Waals surface area contributed by atoms with Crippen molar-refractivity contribution < 1.29 is 4.74 Å². The molecule has 0 fully saturated rings. The standard InChI is InChI=1S/C11H15NO.ClH/c1-3-7-13-11-6-4-5-10(8-11)9-12-2;/h3-6,8,12H,1,7,9H2,2H3;1H. The molecule has 1 N–H and O–H groups in total. The lowest BCUT2D eigenvalue weighted by Gasteiger charge is -2.05. The highest BCUT2D eigenvalue weighted by Crippen LogP contribution is 2.12. The third-order valence-corrected chi connectivity index (χ3v) is 1.65. The van der Waals surface area contributed by atoms with Gasteiger partial charge in [-0.25, -0.2) is 0 Å². The maximum absolute atomic E-state index is 5.40. The monoisotopic (exact) mass is 213 g/mol. The van der Waals surface area contributed by atoms with Gasteiger partial charge in [0, 0.05) is 6.54 Å². The second-order valence-electron chi connectivity index (χ2n) is 2.78. The van der Waals surface area contributed by atoms with E-state index in [1.54, 1.807) is 6.08 Å². The molecule has 1 aromatic rings. The highest BCUT2D eigenvalue weighted by atomic mass is 35.5. The molecular formula is C11H16ClNO. The summed E-state index contributed by atoms with van der Waals surface area (Å²) in [5.41, 5.74) is 1.23. The van der Waals surface area contributed by atoms with Crippen LogP contribution in [-0.4, -0.2) is 13.7 Å². The zero-order valence-electron chi connectivity index (χ0n) is 8.32. The Labute approximate surface area is 91.4 Å². The van der Waals surface area contributed by atoms with E-state index in [0.29, 0.717) is 6.61 Å². The van der Waals surface area contributed by atoms with E-state index in [-0.39, 0.29) is 12.4 Å². The van der Waals surface area contributed by atoms with Crippen LogP contribution in [0.1, 0.15) is 5.56 Å². The van der Waals surface area contributed by atoms with Crippen molar-refractivity contribution in [1.29, 1.82) is 0 Å². The van der Waals surface area contributed by atoms with Gasteiger partial charge < -0.3 is 10.1 Å². The molecule has 0 bridgehead atoms. The van der Waals surface area contributed by atoms with Gasteiger partial charge in [0.2, 0.25) is 0 Å². The van der Waals surface area contributed by atoms with E-state index in [0.717, 1.165) is 12.3 Å². The van der Waals surface area contributed by atoms with Crippen LogP contribution < -0.4 is 10.1 Å². The van der Waals surface area contributed by atoms with Gasteiger partial charge in [-0.2, -0.15) is 0 Å². The first-order chi connectivity index (χ1) is 6.36. The van der Waals surface area contributed by atoms with Crippen LogP contribution in [0.5, 0.6) is 5.75 Å². The van der Waals surface area contributed by atoms with E-state index in [2.05, 4.69) is 18.0 Å². The fraction of sp³-hybridized carbons (Fsp3) is 0.273. The lowest BCUT2D eigenvalue weighted by Crippen LogP contribution is -2.05. The van der Waals surface area contributed by atoms with E-state index in [4.69, 9.17) is 4.74 Å². The van der Waals surface area contributed by atoms with E-state index in [1.807, 2.05) is 25.2 Å². The molecule has 0 aliphatic heterocycles. The fourth-order valence-electron chi connectivity index (χ4n) is 1.10. The molecule has 78 valence electrons. The molecule has 0 amide bonds. The molecule has 0 aliphatic carbocycles. The van der Waals surface area contributed by atoms with Crippen LogP contribution in [0.2, 0.25) is 0 Å². The molecule has 0 spiro atoms. The van der Waals surface area contributed by atoms with Gasteiger partial charge in [0.05, 0.1) is 0 Å². The van der Waals surface area contributed by atoms with Crippen LogP contribution >= 0.6 is 12.4 Å². The number of rotatable bonds is 5. The van der Waals surface area contributed by atoms with Crippen LogP contribution in [0.3, 0.4) is 0 Å². The van der Waals surface area contributed by atoms with E-state index in [9.17, 15) is 0 Å². The summed E-state index contributed by atoms with van der Waals surface area (Å²) in [6, 6.07) is 8.03. The van der Waals surface area contributed by atoms with Crippen molar-refractivity contribution in [3.8, 4) is 5.75 Å². The van der Waals surface area contributed by atoms with Crippen molar-refractivity contribution in [1.82, 2.24) is 5.32 Å². The Bertz CT molecular complexity index is 276. The van der Waals surface area contributed by atoms with Gasteiger partial charge in [-0.1, -0.05) is 24.8 Å². The number of hydrogen-bond acceptors (Lipinski definition) is 2. The molecule has 0 saturated heterocycles. The summed E-state index contributed by atoms with van der Waals surface area (Å²) in [7, 11) is 1.93. The molecule has 0 radical (unpaired) electrons. The van der Waals surface area contributed by atoms with Crippen molar-refractivity contribution in [3.63, 3.8) is 0 Å². The minimum Gasteiger partial charge on any atom is -0.490 e. The first-order valence-electron chi connectivity index (χ1n) is 4.34. The highest BCUT2D eigenvalue weighted by Gasteiger charge is 1.94. The summed E-state index contributed by atoms with van der Waals surface area (Å²) in [6.07, 6.45) is 1.74. The molecule has 0 unspecified atom stereocenters. The number of nitrogens with one attached hydrogen (secondary N) is 1. The quantitative estimate of drug-likeness (QED) is 0.759. The van der Waals surface area contributed by atoms with Gasteiger partial charge in [0.25, 0.3) is 0 Å². The van der Waals surface area contributed by atoms with Crippen LogP contribution in [-0.2, 0) is 6.54 Å². The fourth-order valence-corrected chi connectivity index (χ4v) is 1.10. The Kier molecular flexibility index (Phi) is 6.89. The normalized spacial score (nSPS) is 8.93. The maximum atomic E-state index is 5.40. The lowest BCUT2D eigenvalue weighted by molar-refractivity contribution is 0.363. The van der Waals surface area contributed by atoms with Gasteiger partial charge in [-0.05, 0) is 24.7 Å². The molecule has 0 aliphatic rings. The second-order valence-corrected chi connectivity index (χ2v) is 2.78. The molecule has 1 rings (SSSR count). The highest BCUT2D eigenvalue weighted by molar-refractivity contribution is 5.85. The summed E-state index contributed by atoms with van der Waals surface area (Å²) in [5, 5.41) is 3.09. The summed E-state index contributed by atoms with van der Waals surface area (Å²) in [6.45, 7) is 5.02. The lowest BCUT2D eigenvalue weighted by atomic mass is 10.2. The van der Waals surface area contributed by atoms with Crippen LogP contribution in [0.15, 0.2) is 36.9 Å². The summed E-state index contributed by atoms with van der Waals surface area (Å²) in [5.74, 6) is 0.896. The minimum atomic E-state index is 0. The third-order valence-electron chi connectivity index (χ3n) is 1.65. The van der Waals surface area contributed by atoms with Crippen LogP contribution in [0.25, 0.3) is 0 Å². The molecule has 0 aromatic heterocycles. The maximum Gasteiger partial charge on any atom is 0.120 e. The zero-order chi connectivity index (χ0) is 9.52. The van der Waals surface area contributed by atoms with Crippen molar-refractivity contribution in [2.24, 2.45) is 0 Å². The van der Waals surface area contributed by atoms with E-state index in [1.165, 1.54) is 5.56 Å². The predicted octanol–water partition coefficient (Wildman–Crippen LogP) is 2.39. The van der Waals surface area contributed by atoms with Gasteiger partial charge in [0.15, 0.2) is 0 Å². The number of ether oxygens (including phenoxy) is 1. The van der Waals surface area contributed by atoms with Gasteiger partial charge in [-0.3, -0.25) is 0 Å². The largest absolute Gasteiger partial charge is 0.490 e. The van der Waals surface area contributed by atoms with Crippen molar-refractivity contribution in [2.45, 2.75) is 6.54 Å². The van der Waals surface area contributed by atoms with Crippen molar-refractivity contribution in [3.05, 3.63) is 42.5 Å². The first kappa shape index (κ1) is 13.0. The number of hydrogen-bond donors (Lipinski definition) is 1. The molecule has 3 heteroatoms. The summed E-state index contributed by atoms with van der Waals surface area (Å²) in [4.78, 5) is 0. The third kappa shape index (κ3) is 4.30. The van der Waals surface area contributed by atoms with Gasteiger partial charge >= 0.3 is 0 Å². The average molecular weight is 214 g/mol. The van der Waals surface area contributed by atoms with Crippen molar-refractivity contribution in [2.75, 3.05) is 13.7 Å². The average Bonchev–Trinajstić information content (AvgIpc) is 2.16. The molecule has 0 saturated carbocycles. The molecule has 1 aromatic carbocycles. The Hall–Kier alpha value is -0.990. The second kappa shape index (κ2) is 7.42. The van der Waals surface area contributed by atoms with Gasteiger partial charge in [-0.15, -0.1) is 12.4 Å². The Morgan fingerprint density at radius 3 is 2.93 bits per heavy atom. The number of benzene rings is 1. The summed E-state index contributed by atoms with van der Waals surface area (Å²) >= 11 is 0. The number of halogens is 1. The topological polar surface area (TPSA) is 21.3 Å². The van der Waals surface area contributed by atoms with E-state index >= 15 is 0 Å². The van der Waals surface area contributed by atoms with Crippen LogP contribution in [0.4, 0.5) is 0 Å². The predicted molar refractivity (Wildman–Crippen MR) is 62.1 cm³/mol. The van der Waals surface area contributed by atoms with Crippen LogP contribution in [0, 0.1) is 0 Å². The molecule has 0 heterocycles. The molecular weight excluding hydrogens is 198 g/mol. The Morgan fingerprint density at radius 1 is 1.50 bits per heavy atom. The Balaban J connectivity index is 0.00000169. The molecule has 14 heavy (non-hydrogen) atoms.